The standard InChI is InChI=1S/C18H23N7O/c1-12(2)25-11-13(8-23-25)15-7-16-17(21-4-3-20-16)18(24-15)22-10-14-9-19-5-6-26-14/h3-4,7-8,11-12,14,19H,5-6,9-10H2,1-2H3,(H,22,24)/t14-/m1/s1. The molecule has 1 atom stereocenters. The number of nitrogens with one attached hydrogen (secondary N) is 2. The monoisotopic (exact) mass is 353 g/mol. The Balaban J connectivity index is 1.65. The fourth-order valence-electron chi connectivity index (χ4n) is 2.96. The molecule has 2 N–H and O–H groups in total. The molecule has 0 amide bonds. The van der Waals surface area contributed by atoms with Crippen LogP contribution in [0, 0.1) is 0 Å². The molecule has 1 saturated heterocycles. The van der Waals surface area contributed by atoms with E-state index in [0.29, 0.717) is 12.6 Å². The van der Waals surface area contributed by atoms with E-state index in [-0.39, 0.29) is 6.10 Å². The van der Waals surface area contributed by atoms with E-state index >= 15 is 0 Å². The summed E-state index contributed by atoms with van der Waals surface area (Å²) in [6, 6.07) is 2.26. The molecule has 0 aromatic carbocycles. The van der Waals surface area contributed by atoms with Crippen molar-refractivity contribution in [2.24, 2.45) is 0 Å². The Labute approximate surface area is 152 Å². The molecule has 1 fully saturated rings. The third kappa shape index (κ3) is 3.51. The number of anilines is 1. The van der Waals surface area contributed by atoms with E-state index in [1.54, 1.807) is 12.4 Å². The minimum atomic E-state index is 0.115. The van der Waals surface area contributed by atoms with Gasteiger partial charge in [-0.2, -0.15) is 5.10 Å². The van der Waals surface area contributed by atoms with Crippen LogP contribution < -0.4 is 10.6 Å². The number of morpholine rings is 1. The summed E-state index contributed by atoms with van der Waals surface area (Å²) in [5, 5.41) is 11.1. The van der Waals surface area contributed by atoms with Crippen molar-refractivity contribution in [3.63, 3.8) is 0 Å². The average molecular weight is 353 g/mol. The zero-order valence-electron chi connectivity index (χ0n) is 15.0. The topological polar surface area (TPSA) is 89.8 Å². The van der Waals surface area contributed by atoms with Crippen LogP contribution in [-0.2, 0) is 4.74 Å². The molecule has 1 aliphatic rings. The molecule has 8 heteroatoms. The first-order valence-electron chi connectivity index (χ1n) is 8.93. The second-order valence-corrected chi connectivity index (χ2v) is 6.66. The second-order valence-electron chi connectivity index (χ2n) is 6.66. The lowest BCUT2D eigenvalue weighted by atomic mass is 10.2. The van der Waals surface area contributed by atoms with Gasteiger partial charge in [0, 0.05) is 49.8 Å². The molecular weight excluding hydrogens is 330 g/mol. The summed E-state index contributed by atoms with van der Waals surface area (Å²) in [6.07, 6.45) is 7.34. The van der Waals surface area contributed by atoms with Gasteiger partial charge in [-0.25, -0.2) is 9.97 Å². The molecule has 3 aromatic heterocycles. The van der Waals surface area contributed by atoms with Crippen LogP contribution in [0.5, 0.6) is 0 Å². The van der Waals surface area contributed by atoms with Gasteiger partial charge >= 0.3 is 0 Å². The van der Waals surface area contributed by atoms with Crippen molar-refractivity contribution in [2.75, 3.05) is 31.6 Å². The summed E-state index contributed by atoms with van der Waals surface area (Å²) in [7, 11) is 0. The van der Waals surface area contributed by atoms with Crippen molar-refractivity contribution in [2.45, 2.75) is 26.0 Å². The van der Waals surface area contributed by atoms with E-state index in [1.165, 1.54) is 0 Å². The molecule has 4 rings (SSSR count). The summed E-state index contributed by atoms with van der Waals surface area (Å²) in [6.45, 7) is 7.33. The van der Waals surface area contributed by atoms with Crippen molar-refractivity contribution in [3.05, 3.63) is 30.9 Å². The smallest absolute Gasteiger partial charge is 0.154 e. The molecule has 136 valence electrons. The predicted octanol–water partition coefficient (Wildman–Crippen LogP) is 1.87. The number of ether oxygens (including phenoxy) is 1. The fourth-order valence-corrected chi connectivity index (χ4v) is 2.96. The highest BCUT2D eigenvalue weighted by molar-refractivity contribution is 5.88. The van der Waals surface area contributed by atoms with Crippen molar-refractivity contribution in [3.8, 4) is 11.3 Å². The van der Waals surface area contributed by atoms with Crippen LogP contribution in [0.4, 0.5) is 5.82 Å². The largest absolute Gasteiger partial charge is 0.374 e. The van der Waals surface area contributed by atoms with Gasteiger partial charge in [0.05, 0.1) is 30.1 Å². The zero-order valence-corrected chi connectivity index (χ0v) is 15.0. The van der Waals surface area contributed by atoms with Gasteiger partial charge in [-0.3, -0.25) is 9.67 Å². The highest BCUT2D eigenvalue weighted by Gasteiger charge is 2.16. The molecule has 0 bridgehead atoms. The first kappa shape index (κ1) is 16.9. The van der Waals surface area contributed by atoms with Gasteiger partial charge in [-0.05, 0) is 19.9 Å². The normalized spacial score (nSPS) is 17.7. The fraction of sp³-hybridized carbons (Fsp3) is 0.444. The Bertz CT molecular complexity index is 886. The first-order chi connectivity index (χ1) is 12.7. The third-order valence-corrected chi connectivity index (χ3v) is 4.38. The Morgan fingerprint density at radius 3 is 3.00 bits per heavy atom. The van der Waals surface area contributed by atoms with Crippen LogP contribution in [0.1, 0.15) is 19.9 Å². The number of rotatable bonds is 5. The van der Waals surface area contributed by atoms with E-state index in [2.05, 4.69) is 39.5 Å². The van der Waals surface area contributed by atoms with Gasteiger partial charge in [-0.15, -0.1) is 0 Å². The molecule has 4 heterocycles. The molecule has 0 radical (unpaired) electrons. The molecule has 1 aliphatic heterocycles. The molecule has 8 nitrogen and oxygen atoms in total. The van der Waals surface area contributed by atoms with E-state index in [4.69, 9.17) is 9.72 Å². The van der Waals surface area contributed by atoms with Gasteiger partial charge in [0.25, 0.3) is 0 Å². The van der Waals surface area contributed by atoms with Gasteiger partial charge in [0.15, 0.2) is 5.82 Å². The van der Waals surface area contributed by atoms with Crippen molar-refractivity contribution in [1.29, 1.82) is 0 Å². The van der Waals surface area contributed by atoms with Crippen molar-refractivity contribution >= 4 is 16.9 Å². The predicted molar refractivity (Wildman–Crippen MR) is 100 cm³/mol. The quantitative estimate of drug-likeness (QED) is 0.724. The molecule has 3 aromatic rings. The van der Waals surface area contributed by atoms with Crippen LogP contribution in [0.3, 0.4) is 0 Å². The second kappa shape index (κ2) is 7.35. The van der Waals surface area contributed by atoms with Crippen LogP contribution in [0.25, 0.3) is 22.3 Å². The van der Waals surface area contributed by atoms with Gasteiger partial charge < -0.3 is 15.4 Å². The number of hydrogen-bond acceptors (Lipinski definition) is 7. The van der Waals surface area contributed by atoms with Gasteiger partial charge in [0.1, 0.15) is 5.52 Å². The molecular formula is C18H23N7O. The Kier molecular flexibility index (Phi) is 4.77. The highest BCUT2D eigenvalue weighted by atomic mass is 16.5. The van der Waals surface area contributed by atoms with Gasteiger partial charge in [0.2, 0.25) is 0 Å². The summed E-state index contributed by atoms with van der Waals surface area (Å²) < 4.78 is 7.68. The van der Waals surface area contributed by atoms with E-state index in [1.807, 2.05) is 23.1 Å². The maximum atomic E-state index is 5.75. The maximum Gasteiger partial charge on any atom is 0.154 e. The average Bonchev–Trinajstić information content (AvgIpc) is 3.17. The SMILES string of the molecule is CC(C)n1cc(-c2cc3nccnc3c(NC[C@H]3CNCCO3)n2)cn1. The van der Waals surface area contributed by atoms with Crippen LogP contribution in [0.15, 0.2) is 30.9 Å². The lowest BCUT2D eigenvalue weighted by molar-refractivity contribution is 0.0372. The molecule has 0 aliphatic carbocycles. The number of pyridine rings is 1. The van der Waals surface area contributed by atoms with E-state index in [9.17, 15) is 0 Å². The maximum absolute atomic E-state index is 5.75. The van der Waals surface area contributed by atoms with Crippen LogP contribution in [0.2, 0.25) is 0 Å². The number of hydrogen-bond donors (Lipinski definition) is 2. The number of nitrogens with zero attached hydrogens (tertiary/aromatic N) is 5. The summed E-state index contributed by atoms with van der Waals surface area (Å²) in [4.78, 5) is 13.7. The Morgan fingerprint density at radius 2 is 2.23 bits per heavy atom. The van der Waals surface area contributed by atoms with Crippen molar-refractivity contribution < 1.29 is 4.74 Å². The number of fused-ring (bicyclic) bond motifs is 1. The third-order valence-electron chi connectivity index (χ3n) is 4.38. The summed E-state index contributed by atoms with van der Waals surface area (Å²) in [5.41, 5.74) is 3.36. The molecule has 0 saturated carbocycles. The summed E-state index contributed by atoms with van der Waals surface area (Å²) in [5.74, 6) is 0.720. The Morgan fingerprint density at radius 1 is 1.35 bits per heavy atom. The molecule has 0 unspecified atom stereocenters. The Hall–Kier alpha value is -2.58. The zero-order chi connectivity index (χ0) is 17.9. The van der Waals surface area contributed by atoms with Crippen LogP contribution >= 0.6 is 0 Å². The van der Waals surface area contributed by atoms with Gasteiger partial charge in [-0.1, -0.05) is 0 Å². The summed E-state index contributed by atoms with van der Waals surface area (Å²) >= 11 is 0. The van der Waals surface area contributed by atoms with Crippen LogP contribution in [-0.4, -0.2) is 57.1 Å². The molecule has 26 heavy (non-hydrogen) atoms. The molecule has 0 spiro atoms. The number of aromatic nitrogens is 5. The lowest BCUT2D eigenvalue weighted by Crippen LogP contribution is -2.42. The first-order valence-corrected chi connectivity index (χ1v) is 8.93. The van der Waals surface area contributed by atoms with Crippen molar-refractivity contribution in [1.82, 2.24) is 30.0 Å². The minimum absolute atomic E-state index is 0.115. The highest BCUT2D eigenvalue weighted by Crippen LogP contribution is 2.25. The lowest BCUT2D eigenvalue weighted by Gasteiger charge is -2.24. The van der Waals surface area contributed by atoms with E-state index in [0.717, 1.165) is 47.8 Å². The minimum Gasteiger partial charge on any atom is -0.374 e. The van der Waals surface area contributed by atoms with E-state index < -0.39 is 0 Å².